The van der Waals surface area contributed by atoms with Gasteiger partial charge in [0.25, 0.3) is 6.29 Å². The summed E-state index contributed by atoms with van der Waals surface area (Å²) in [5, 5.41) is 9.70. The van der Waals surface area contributed by atoms with Crippen LogP contribution in [0.5, 0.6) is 0 Å². The molecule has 406 valence electrons. The lowest BCUT2D eigenvalue weighted by molar-refractivity contribution is -0.870. The van der Waals surface area contributed by atoms with Crippen LogP contribution in [0, 0.1) is 0 Å². The summed E-state index contributed by atoms with van der Waals surface area (Å²) in [6, 6.07) is 0. The SMILES string of the molecule is CC/C=C\C/C=C\C/C=C\C/C=C\C/C=C\CCCCCCCCCC(=O)OC(COC(=O)CCCCCCCCCCCCCCCCCCCCCCCC)COC(OCC[N+](C)(C)C)C(=O)O. The molecule has 0 spiro atoms. The van der Waals surface area contributed by atoms with E-state index in [9.17, 15) is 19.5 Å². The summed E-state index contributed by atoms with van der Waals surface area (Å²) in [5.41, 5.74) is 0. The van der Waals surface area contributed by atoms with Crippen molar-refractivity contribution in [2.24, 2.45) is 0 Å². The number of quaternary nitrogens is 1. The van der Waals surface area contributed by atoms with Crippen molar-refractivity contribution < 1.29 is 42.9 Å². The van der Waals surface area contributed by atoms with E-state index < -0.39 is 24.3 Å². The Balaban J connectivity index is 4.27. The summed E-state index contributed by atoms with van der Waals surface area (Å²) in [7, 11) is 5.97. The van der Waals surface area contributed by atoms with Crippen molar-refractivity contribution in [3.63, 3.8) is 0 Å². The van der Waals surface area contributed by atoms with Crippen LogP contribution in [0.3, 0.4) is 0 Å². The number of aliphatic carboxylic acids is 1. The van der Waals surface area contributed by atoms with Crippen LogP contribution < -0.4 is 0 Å². The number of hydrogen-bond acceptors (Lipinski definition) is 7. The quantitative estimate of drug-likeness (QED) is 0.0211. The number of carboxylic acids is 1. The second-order valence-corrected chi connectivity index (χ2v) is 20.6. The van der Waals surface area contributed by atoms with Crippen LogP contribution in [0.1, 0.15) is 251 Å². The van der Waals surface area contributed by atoms with E-state index in [1.54, 1.807) is 0 Å². The number of likely N-dealkylation sites (N-methyl/N-ethyl adjacent to an activating group) is 1. The molecular formula is C61H110NO8+. The fourth-order valence-corrected chi connectivity index (χ4v) is 8.10. The Morgan fingerprint density at radius 1 is 0.443 bits per heavy atom. The molecule has 0 heterocycles. The molecule has 9 nitrogen and oxygen atoms in total. The monoisotopic (exact) mass is 985 g/mol. The van der Waals surface area contributed by atoms with Crippen molar-refractivity contribution in [1.29, 1.82) is 0 Å². The lowest BCUT2D eigenvalue weighted by Crippen LogP contribution is -2.40. The number of carbonyl (C=O) groups excluding carboxylic acids is 2. The van der Waals surface area contributed by atoms with Crippen molar-refractivity contribution in [3.8, 4) is 0 Å². The van der Waals surface area contributed by atoms with Gasteiger partial charge in [0, 0.05) is 12.8 Å². The Morgan fingerprint density at radius 3 is 1.21 bits per heavy atom. The summed E-state index contributed by atoms with van der Waals surface area (Å²) in [6.07, 6.45) is 62.9. The molecule has 0 amide bonds. The molecule has 0 bridgehead atoms. The normalized spacial score (nSPS) is 13.2. The van der Waals surface area contributed by atoms with Crippen LogP contribution in [0.25, 0.3) is 0 Å². The van der Waals surface area contributed by atoms with Crippen LogP contribution in [-0.4, -0.2) is 87.4 Å². The highest BCUT2D eigenvalue weighted by Gasteiger charge is 2.25. The molecule has 0 rings (SSSR count). The number of esters is 2. The summed E-state index contributed by atoms with van der Waals surface area (Å²) < 4.78 is 22.9. The van der Waals surface area contributed by atoms with E-state index in [1.807, 2.05) is 21.1 Å². The Bertz CT molecular complexity index is 1330. The molecule has 0 aromatic heterocycles. The second kappa shape index (κ2) is 52.3. The second-order valence-electron chi connectivity index (χ2n) is 20.6. The average Bonchev–Trinajstić information content (AvgIpc) is 3.33. The van der Waals surface area contributed by atoms with E-state index in [0.29, 0.717) is 23.9 Å². The van der Waals surface area contributed by atoms with Gasteiger partial charge in [0.1, 0.15) is 13.2 Å². The van der Waals surface area contributed by atoms with Crippen molar-refractivity contribution in [2.75, 3.05) is 47.5 Å². The van der Waals surface area contributed by atoms with Gasteiger partial charge in [0.15, 0.2) is 6.10 Å². The van der Waals surface area contributed by atoms with Gasteiger partial charge >= 0.3 is 17.9 Å². The van der Waals surface area contributed by atoms with Gasteiger partial charge in [-0.3, -0.25) is 9.59 Å². The third kappa shape index (κ3) is 52.8. The number of hydrogen-bond donors (Lipinski definition) is 1. The van der Waals surface area contributed by atoms with E-state index in [2.05, 4.69) is 74.6 Å². The van der Waals surface area contributed by atoms with E-state index >= 15 is 0 Å². The topological polar surface area (TPSA) is 108 Å². The van der Waals surface area contributed by atoms with Crippen LogP contribution in [0.4, 0.5) is 0 Å². The van der Waals surface area contributed by atoms with Gasteiger partial charge in [-0.05, 0) is 57.8 Å². The number of rotatable bonds is 53. The molecule has 2 atom stereocenters. The zero-order valence-electron chi connectivity index (χ0n) is 46.2. The first kappa shape index (κ1) is 67.0. The zero-order chi connectivity index (χ0) is 51.3. The van der Waals surface area contributed by atoms with Crippen molar-refractivity contribution in [3.05, 3.63) is 60.8 Å². The van der Waals surface area contributed by atoms with E-state index in [4.69, 9.17) is 18.9 Å². The van der Waals surface area contributed by atoms with Crippen LogP contribution in [-0.2, 0) is 33.3 Å². The van der Waals surface area contributed by atoms with E-state index in [-0.39, 0.29) is 32.2 Å². The van der Waals surface area contributed by atoms with Crippen LogP contribution >= 0.6 is 0 Å². The van der Waals surface area contributed by atoms with Crippen molar-refractivity contribution in [1.82, 2.24) is 0 Å². The van der Waals surface area contributed by atoms with Crippen LogP contribution in [0.2, 0.25) is 0 Å². The number of allylic oxidation sites excluding steroid dienone is 10. The smallest absolute Gasteiger partial charge is 0.361 e. The average molecular weight is 986 g/mol. The highest BCUT2D eigenvalue weighted by atomic mass is 16.7. The van der Waals surface area contributed by atoms with Crippen molar-refractivity contribution in [2.45, 2.75) is 264 Å². The molecular weight excluding hydrogens is 875 g/mol. The lowest BCUT2D eigenvalue weighted by atomic mass is 10.0. The number of unbranched alkanes of at least 4 members (excludes halogenated alkanes) is 28. The van der Waals surface area contributed by atoms with Gasteiger partial charge in [0.05, 0.1) is 34.4 Å². The van der Waals surface area contributed by atoms with Crippen LogP contribution in [0.15, 0.2) is 60.8 Å². The minimum absolute atomic E-state index is 0.184. The molecule has 1 N–H and O–H groups in total. The van der Waals surface area contributed by atoms with Gasteiger partial charge < -0.3 is 28.5 Å². The number of nitrogens with zero attached hydrogens (tertiary/aromatic N) is 1. The first-order valence-electron chi connectivity index (χ1n) is 29.0. The Hall–Kier alpha value is -3.01. The molecule has 0 fully saturated rings. The maximum Gasteiger partial charge on any atom is 0.361 e. The molecule has 0 radical (unpaired) electrons. The zero-order valence-corrected chi connectivity index (χ0v) is 46.2. The fourth-order valence-electron chi connectivity index (χ4n) is 8.10. The molecule has 70 heavy (non-hydrogen) atoms. The predicted molar refractivity (Wildman–Crippen MR) is 295 cm³/mol. The molecule has 0 aliphatic carbocycles. The molecule has 0 aliphatic rings. The third-order valence-corrected chi connectivity index (χ3v) is 12.5. The molecule has 0 aromatic carbocycles. The molecule has 0 aromatic rings. The van der Waals surface area contributed by atoms with Gasteiger partial charge in [-0.15, -0.1) is 0 Å². The minimum atomic E-state index is -1.51. The lowest BCUT2D eigenvalue weighted by Gasteiger charge is -2.25. The third-order valence-electron chi connectivity index (χ3n) is 12.5. The predicted octanol–water partition coefficient (Wildman–Crippen LogP) is 16.8. The molecule has 2 unspecified atom stereocenters. The van der Waals surface area contributed by atoms with Gasteiger partial charge in [0.2, 0.25) is 0 Å². The summed E-state index contributed by atoms with van der Waals surface area (Å²) >= 11 is 0. The highest BCUT2D eigenvalue weighted by molar-refractivity contribution is 5.71. The summed E-state index contributed by atoms with van der Waals surface area (Å²) in [4.78, 5) is 37.4. The fraction of sp³-hybridized carbons (Fsp3) is 0.787. The standard InChI is InChI=1S/C61H109NO8/c1-6-8-10-12-14-16-18-20-22-24-26-28-30-32-34-36-38-40-42-44-46-48-50-52-59(64)70-57(56-69-61(60(65)66)67-54-53-62(3,4)5)55-68-58(63)51-49-47-45-43-41-39-37-35-33-31-29-27-25-23-21-19-17-15-13-11-9-7-2/h8,10,14,16,20,22,26,28,32,34,57,61H,6-7,9,11-13,15,17-19,21,23-25,27,29-31,33,35-56H2,1-5H3/p+1/b10-8-,16-14-,22-20-,28-26-,34-32-. The molecule has 0 saturated carbocycles. The summed E-state index contributed by atoms with van der Waals surface area (Å²) in [5.74, 6) is -2.01. The largest absolute Gasteiger partial charge is 0.477 e. The number of ether oxygens (including phenoxy) is 4. The van der Waals surface area contributed by atoms with Crippen molar-refractivity contribution >= 4 is 17.9 Å². The number of carboxylic acid groups (broad SMARTS) is 1. The van der Waals surface area contributed by atoms with E-state index in [1.165, 1.54) is 141 Å². The molecule has 0 saturated heterocycles. The maximum atomic E-state index is 12.9. The number of carbonyl (C=O) groups is 3. The Morgan fingerprint density at radius 2 is 0.814 bits per heavy atom. The first-order valence-corrected chi connectivity index (χ1v) is 29.0. The molecule has 0 aliphatic heterocycles. The first-order chi connectivity index (χ1) is 34.1. The van der Waals surface area contributed by atoms with Gasteiger partial charge in [-0.1, -0.05) is 242 Å². The maximum absolute atomic E-state index is 12.9. The highest BCUT2D eigenvalue weighted by Crippen LogP contribution is 2.17. The summed E-state index contributed by atoms with van der Waals surface area (Å²) in [6.45, 7) is 4.78. The molecule has 9 heteroatoms. The van der Waals surface area contributed by atoms with E-state index in [0.717, 1.165) is 77.0 Å². The van der Waals surface area contributed by atoms with Gasteiger partial charge in [-0.25, -0.2) is 4.79 Å². The Labute approximate surface area is 431 Å². The minimum Gasteiger partial charge on any atom is -0.477 e. The Kier molecular flexibility index (Phi) is 50.1. The van der Waals surface area contributed by atoms with Gasteiger partial charge in [-0.2, -0.15) is 0 Å².